The van der Waals surface area contributed by atoms with Gasteiger partial charge in [0.25, 0.3) is 5.56 Å². The lowest BCUT2D eigenvalue weighted by atomic mass is 10.2. The fraction of sp³-hybridized carbons (Fsp3) is 0.174. The van der Waals surface area contributed by atoms with Gasteiger partial charge in [0, 0.05) is 4.88 Å². The molecule has 2 aromatic heterocycles. The fourth-order valence-electron chi connectivity index (χ4n) is 3.06. The van der Waals surface area contributed by atoms with E-state index < -0.39 is 0 Å². The van der Waals surface area contributed by atoms with E-state index in [9.17, 15) is 4.79 Å². The Bertz CT molecular complexity index is 1280. The van der Waals surface area contributed by atoms with Gasteiger partial charge in [0.15, 0.2) is 11.5 Å². The first-order valence-corrected chi connectivity index (χ1v) is 10.2. The first-order valence-electron chi connectivity index (χ1n) is 9.43. The Balaban J connectivity index is 1.57. The molecule has 0 atom stereocenters. The number of hydrogen-bond donors (Lipinski definition) is 0. The maximum absolute atomic E-state index is 12.8. The van der Waals surface area contributed by atoms with Crippen LogP contribution in [0, 0.1) is 13.8 Å². The van der Waals surface area contributed by atoms with E-state index in [0.717, 1.165) is 26.4 Å². The molecule has 0 saturated carbocycles. The van der Waals surface area contributed by atoms with Crippen molar-refractivity contribution in [1.82, 2.24) is 9.66 Å². The van der Waals surface area contributed by atoms with E-state index in [1.807, 2.05) is 62.4 Å². The summed E-state index contributed by atoms with van der Waals surface area (Å²) >= 11 is 1.52. The molecule has 6 nitrogen and oxygen atoms in total. The van der Waals surface area contributed by atoms with Crippen molar-refractivity contribution in [3.05, 3.63) is 86.8 Å². The Labute approximate surface area is 178 Å². The van der Waals surface area contributed by atoms with Gasteiger partial charge in [0.2, 0.25) is 0 Å². The number of methoxy groups -OCH3 is 1. The van der Waals surface area contributed by atoms with Gasteiger partial charge < -0.3 is 9.47 Å². The fourth-order valence-corrected chi connectivity index (χ4v) is 4.04. The van der Waals surface area contributed by atoms with Gasteiger partial charge in [-0.25, -0.2) is 4.98 Å². The van der Waals surface area contributed by atoms with Crippen LogP contribution in [0.1, 0.15) is 21.6 Å². The van der Waals surface area contributed by atoms with Gasteiger partial charge in [-0.15, -0.1) is 11.3 Å². The molecule has 2 heterocycles. The van der Waals surface area contributed by atoms with E-state index in [1.54, 1.807) is 13.3 Å². The van der Waals surface area contributed by atoms with Crippen LogP contribution < -0.4 is 15.0 Å². The van der Waals surface area contributed by atoms with E-state index in [4.69, 9.17) is 9.47 Å². The first-order chi connectivity index (χ1) is 14.6. The zero-order valence-corrected chi connectivity index (χ0v) is 17.8. The Morgan fingerprint density at radius 3 is 2.70 bits per heavy atom. The summed E-state index contributed by atoms with van der Waals surface area (Å²) in [6.45, 7) is 4.37. The van der Waals surface area contributed by atoms with Crippen molar-refractivity contribution >= 4 is 27.8 Å². The molecule has 0 spiro atoms. The number of aryl methyl sites for hydroxylation is 2. The monoisotopic (exact) mass is 419 g/mol. The van der Waals surface area contributed by atoms with Gasteiger partial charge in [0.05, 0.1) is 18.7 Å². The third kappa shape index (κ3) is 3.97. The minimum atomic E-state index is -0.173. The summed E-state index contributed by atoms with van der Waals surface area (Å²) in [5.74, 6) is 1.24. The molecule has 0 aliphatic carbocycles. The van der Waals surface area contributed by atoms with Gasteiger partial charge in [-0.2, -0.15) is 9.78 Å². The van der Waals surface area contributed by atoms with Crippen LogP contribution in [0.25, 0.3) is 10.2 Å². The van der Waals surface area contributed by atoms with E-state index in [2.05, 4.69) is 10.1 Å². The number of aromatic nitrogens is 2. The summed E-state index contributed by atoms with van der Waals surface area (Å²) in [6, 6.07) is 15.5. The molecule has 4 rings (SSSR count). The number of thiophene rings is 1. The number of benzene rings is 2. The maximum atomic E-state index is 12.8. The van der Waals surface area contributed by atoms with Gasteiger partial charge in [-0.05, 0) is 48.7 Å². The summed E-state index contributed by atoms with van der Waals surface area (Å²) in [7, 11) is 1.59. The van der Waals surface area contributed by atoms with Gasteiger partial charge in [0.1, 0.15) is 17.8 Å². The second kappa shape index (κ2) is 8.51. The molecule has 0 amide bonds. The number of ether oxygens (including phenoxy) is 2. The second-order valence-electron chi connectivity index (χ2n) is 6.79. The molecule has 152 valence electrons. The summed E-state index contributed by atoms with van der Waals surface area (Å²) in [6.07, 6.45) is 3.05. The average Bonchev–Trinajstić information content (AvgIpc) is 3.07. The molecule has 0 unspecified atom stereocenters. The molecule has 0 aliphatic heterocycles. The van der Waals surface area contributed by atoms with Crippen molar-refractivity contribution in [1.29, 1.82) is 0 Å². The summed E-state index contributed by atoms with van der Waals surface area (Å²) < 4.78 is 12.6. The molecule has 0 radical (unpaired) electrons. The normalized spacial score (nSPS) is 11.3. The Hall–Kier alpha value is -3.45. The molecule has 0 bridgehead atoms. The van der Waals surface area contributed by atoms with Crippen molar-refractivity contribution in [2.75, 3.05) is 7.11 Å². The van der Waals surface area contributed by atoms with Crippen molar-refractivity contribution < 1.29 is 9.47 Å². The number of nitrogens with zero attached hydrogens (tertiary/aromatic N) is 3. The first kappa shape index (κ1) is 19.8. The SMILES string of the molecule is COc1cc(/C=N/n2cnc3sc(C)c(C)c3c2=O)ccc1OCc1ccccc1. The quantitative estimate of drug-likeness (QED) is 0.430. The molecule has 2 aromatic carbocycles. The number of fused-ring (bicyclic) bond motifs is 1. The molecule has 0 saturated heterocycles. The Morgan fingerprint density at radius 2 is 1.93 bits per heavy atom. The Morgan fingerprint density at radius 1 is 1.13 bits per heavy atom. The third-order valence-electron chi connectivity index (χ3n) is 4.83. The van der Waals surface area contributed by atoms with Crippen LogP contribution >= 0.6 is 11.3 Å². The topological polar surface area (TPSA) is 65.7 Å². The average molecular weight is 420 g/mol. The number of hydrogen-bond acceptors (Lipinski definition) is 6. The minimum absolute atomic E-state index is 0.173. The molecule has 30 heavy (non-hydrogen) atoms. The highest BCUT2D eigenvalue weighted by molar-refractivity contribution is 7.18. The molecular formula is C23H21N3O3S. The highest BCUT2D eigenvalue weighted by Gasteiger charge is 2.12. The highest BCUT2D eigenvalue weighted by atomic mass is 32.1. The largest absolute Gasteiger partial charge is 0.493 e. The minimum Gasteiger partial charge on any atom is -0.493 e. The van der Waals surface area contributed by atoms with Crippen molar-refractivity contribution in [3.63, 3.8) is 0 Å². The van der Waals surface area contributed by atoms with E-state index in [1.165, 1.54) is 22.3 Å². The van der Waals surface area contributed by atoms with Crippen molar-refractivity contribution in [2.45, 2.75) is 20.5 Å². The van der Waals surface area contributed by atoms with Crippen LogP contribution in [0.15, 0.2) is 64.8 Å². The molecule has 4 aromatic rings. The van der Waals surface area contributed by atoms with Gasteiger partial charge in [-0.3, -0.25) is 4.79 Å². The van der Waals surface area contributed by atoms with Gasteiger partial charge >= 0.3 is 0 Å². The zero-order chi connectivity index (χ0) is 21.1. The smallest absolute Gasteiger partial charge is 0.282 e. The lowest BCUT2D eigenvalue weighted by Crippen LogP contribution is -2.16. The molecule has 0 aliphatic rings. The highest BCUT2D eigenvalue weighted by Crippen LogP contribution is 2.28. The van der Waals surface area contributed by atoms with E-state index in [-0.39, 0.29) is 5.56 Å². The Kier molecular flexibility index (Phi) is 5.63. The summed E-state index contributed by atoms with van der Waals surface area (Å²) in [5.41, 5.74) is 2.64. The van der Waals surface area contributed by atoms with E-state index in [0.29, 0.717) is 23.5 Å². The lowest BCUT2D eigenvalue weighted by molar-refractivity contribution is 0.284. The van der Waals surface area contributed by atoms with Crippen LogP contribution in [0.2, 0.25) is 0 Å². The molecule has 0 fully saturated rings. The van der Waals surface area contributed by atoms with Crippen LogP contribution in [-0.2, 0) is 6.61 Å². The molecule has 0 N–H and O–H groups in total. The maximum Gasteiger partial charge on any atom is 0.282 e. The molecular weight excluding hydrogens is 398 g/mol. The third-order valence-corrected chi connectivity index (χ3v) is 5.94. The van der Waals surface area contributed by atoms with Crippen LogP contribution in [0.3, 0.4) is 0 Å². The lowest BCUT2D eigenvalue weighted by Gasteiger charge is -2.11. The standard InChI is InChI=1S/C23H21N3O3S/c1-15-16(2)30-22-21(15)23(27)26(14-24-22)25-12-18-9-10-19(20(11-18)28-3)29-13-17-7-5-4-6-8-17/h4-12,14H,13H2,1-3H3/b25-12+. The zero-order valence-electron chi connectivity index (χ0n) is 17.0. The van der Waals surface area contributed by atoms with E-state index >= 15 is 0 Å². The second-order valence-corrected chi connectivity index (χ2v) is 7.99. The predicted molar refractivity (Wildman–Crippen MR) is 120 cm³/mol. The predicted octanol–water partition coefficient (Wildman–Crippen LogP) is 4.54. The summed E-state index contributed by atoms with van der Waals surface area (Å²) in [5, 5.41) is 4.92. The van der Waals surface area contributed by atoms with Crippen LogP contribution in [0.4, 0.5) is 0 Å². The van der Waals surface area contributed by atoms with Gasteiger partial charge in [-0.1, -0.05) is 30.3 Å². The van der Waals surface area contributed by atoms with Crippen molar-refractivity contribution in [2.24, 2.45) is 5.10 Å². The molecule has 7 heteroatoms. The number of rotatable bonds is 6. The summed E-state index contributed by atoms with van der Waals surface area (Å²) in [4.78, 5) is 18.9. The van der Waals surface area contributed by atoms with Crippen molar-refractivity contribution in [3.8, 4) is 11.5 Å². The van der Waals surface area contributed by atoms with Crippen LogP contribution in [0.5, 0.6) is 11.5 Å². The van der Waals surface area contributed by atoms with Crippen LogP contribution in [-0.4, -0.2) is 23.0 Å².